The van der Waals surface area contributed by atoms with Crippen LogP contribution in [0.5, 0.6) is 0 Å². The molecule has 0 saturated heterocycles. The van der Waals surface area contributed by atoms with Crippen molar-refractivity contribution < 1.29 is 8.78 Å². The van der Waals surface area contributed by atoms with E-state index in [4.69, 9.17) is 11.0 Å². The molecule has 1 aromatic rings. The van der Waals surface area contributed by atoms with Gasteiger partial charge in [-0.05, 0) is 18.2 Å². The summed E-state index contributed by atoms with van der Waals surface area (Å²) in [7, 11) is 0. The van der Waals surface area contributed by atoms with E-state index in [1.807, 2.05) is 0 Å². The molecule has 0 aliphatic rings. The molecule has 0 saturated carbocycles. The fourth-order valence-electron chi connectivity index (χ4n) is 0.808. The summed E-state index contributed by atoms with van der Waals surface area (Å²) in [5.41, 5.74) is 4.99. The van der Waals surface area contributed by atoms with Crippen LogP contribution in [0.25, 0.3) is 0 Å². The van der Waals surface area contributed by atoms with Crippen LogP contribution in [0, 0.1) is 23.1 Å². The van der Waals surface area contributed by atoms with Crippen molar-refractivity contribution in [3.63, 3.8) is 0 Å². The molecule has 1 aromatic carbocycles. The fraction of sp³-hybridized carbons (Fsp3) is 0. The van der Waals surface area contributed by atoms with Crippen molar-refractivity contribution in [3.8, 4) is 6.19 Å². The molecule has 0 atom stereocenters. The Morgan fingerprint density at radius 2 is 2.15 bits per heavy atom. The maximum atomic E-state index is 12.9. The maximum absolute atomic E-state index is 12.9. The van der Waals surface area contributed by atoms with E-state index >= 15 is 0 Å². The zero-order valence-corrected chi connectivity index (χ0v) is 6.46. The Balaban J connectivity index is 3.22. The van der Waals surface area contributed by atoms with Crippen molar-refractivity contribution in [2.24, 2.45) is 10.7 Å². The van der Waals surface area contributed by atoms with Crippen LogP contribution in [0.4, 0.5) is 8.78 Å². The predicted octanol–water partition coefficient (Wildman–Crippen LogP) is 1.15. The zero-order chi connectivity index (χ0) is 9.84. The highest BCUT2D eigenvalue weighted by atomic mass is 19.1. The number of nitrogens with zero attached hydrogens (tertiary/aromatic N) is 2. The van der Waals surface area contributed by atoms with Gasteiger partial charge in [-0.25, -0.2) is 8.78 Å². The van der Waals surface area contributed by atoms with Crippen LogP contribution >= 0.6 is 0 Å². The Morgan fingerprint density at radius 1 is 1.46 bits per heavy atom. The lowest BCUT2D eigenvalue weighted by Gasteiger charge is -1.99. The number of aliphatic imine (C=N–C) groups is 1. The van der Waals surface area contributed by atoms with E-state index < -0.39 is 11.6 Å². The minimum absolute atomic E-state index is 0.207. The Labute approximate surface area is 73.1 Å². The largest absolute Gasteiger partial charge is 0.382 e. The van der Waals surface area contributed by atoms with E-state index in [1.165, 1.54) is 6.19 Å². The third-order valence-electron chi connectivity index (χ3n) is 1.37. The van der Waals surface area contributed by atoms with Gasteiger partial charge in [0.1, 0.15) is 17.5 Å². The van der Waals surface area contributed by atoms with E-state index in [9.17, 15) is 8.78 Å². The van der Waals surface area contributed by atoms with Gasteiger partial charge >= 0.3 is 0 Å². The Hall–Kier alpha value is -1.96. The number of halogens is 2. The van der Waals surface area contributed by atoms with Gasteiger partial charge < -0.3 is 5.73 Å². The van der Waals surface area contributed by atoms with Crippen molar-refractivity contribution >= 4 is 5.84 Å². The van der Waals surface area contributed by atoms with Gasteiger partial charge in [-0.3, -0.25) is 0 Å². The molecule has 1 rings (SSSR count). The molecule has 0 amide bonds. The molecule has 0 radical (unpaired) electrons. The topological polar surface area (TPSA) is 62.2 Å². The summed E-state index contributed by atoms with van der Waals surface area (Å²) in [6.07, 6.45) is 1.39. The lowest BCUT2D eigenvalue weighted by molar-refractivity contribution is 0.598. The number of nitriles is 1. The van der Waals surface area contributed by atoms with Gasteiger partial charge in [-0.1, -0.05) is 0 Å². The SMILES string of the molecule is N#C/N=C(\N)c1cc(F)ccc1F. The van der Waals surface area contributed by atoms with Crippen molar-refractivity contribution in [1.29, 1.82) is 5.26 Å². The number of hydrogen-bond donors (Lipinski definition) is 1. The average Bonchev–Trinajstić information content (AvgIpc) is 2.09. The second kappa shape index (κ2) is 3.63. The van der Waals surface area contributed by atoms with Crippen molar-refractivity contribution in [2.75, 3.05) is 0 Å². The van der Waals surface area contributed by atoms with Crippen LogP contribution in [0.3, 0.4) is 0 Å². The molecule has 0 spiro atoms. The van der Waals surface area contributed by atoms with Crippen LogP contribution in [0.2, 0.25) is 0 Å². The van der Waals surface area contributed by atoms with Gasteiger partial charge in [-0.15, -0.1) is 0 Å². The Bertz CT molecular complexity index is 393. The minimum atomic E-state index is -0.710. The molecule has 0 aliphatic carbocycles. The highest BCUT2D eigenvalue weighted by Gasteiger charge is 2.07. The second-order valence-electron chi connectivity index (χ2n) is 2.22. The number of amidine groups is 1. The van der Waals surface area contributed by atoms with Gasteiger partial charge in [0.25, 0.3) is 0 Å². The van der Waals surface area contributed by atoms with Crippen molar-refractivity contribution in [3.05, 3.63) is 35.4 Å². The molecule has 0 bridgehead atoms. The highest BCUT2D eigenvalue weighted by Crippen LogP contribution is 2.08. The van der Waals surface area contributed by atoms with Gasteiger partial charge in [-0.2, -0.15) is 10.3 Å². The predicted molar refractivity (Wildman–Crippen MR) is 42.7 cm³/mol. The quantitative estimate of drug-likeness (QED) is 0.401. The standard InChI is InChI=1S/C8H5F2N3/c9-5-1-2-7(10)6(3-5)8(12)13-4-11/h1-3H,(H2,12,13). The summed E-state index contributed by atoms with van der Waals surface area (Å²) in [6, 6.07) is 2.76. The first kappa shape index (κ1) is 9.13. The monoisotopic (exact) mass is 181 g/mol. The normalized spacial score (nSPS) is 11.0. The van der Waals surface area contributed by atoms with Crippen molar-refractivity contribution in [2.45, 2.75) is 0 Å². The summed E-state index contributed by atoms with van der Waals surface area (Å²) in [5.74, 6) is -1.68. The summed E-state index contributed by atoms with van der Waals surface area (Å²) >= 11 is 0. The molecule has 66 valence electrons. The van der Waals surface area contributed by atoms with Crippen LogP contribution in [-0.4, -0.2) is 5.84 Å². The maximum Gasteiger partial charge on any atom is 0.207 e. The summed E-state index contributed by atoms with van der Waals surface area (Å²) in [5, 5.41) is 8.12. The van der Waals surface area contributed by atoms with Crippen LogP contribution in [-0.2, 0) is 0 Å². The third-order valence-corrected chi connectivity index (χ3v) is 1.37. The van der Waals surface area contributed by atoms with Crippen molar-refractivity contribution in [1.82, 2.24) is 0 Å². The Kier molecular flexibility index (Phi) is 2.55. The molecule has 13 heavy (non-hydrogen) atoms. The number of benzene rings is 1. The number of rotatable bonds is 1. The first-order valence-corrected chi connectivity index (χ1v) is 3.33. The van der Waals surface area contributed by atoms with Gasteiger partial charge in [0, 0.05) is 0 Å². The number of hydrogen-bond acceptors (Lipinski definition) is 2. The third kappa shape index (κ3) is 1.99. The molecule has 0 aromatic heterocycles. The Morgan fingerprint density at radius 3 is 2.77 bits per heavy atom. The summed E-state index contributed by atoms with van der Waals surface area (Å²) in [4.78, 5) is 3.09. The molecule has 0 aliphatic heterocycles. The average molecular weight is 181 g/mol. The molecule has 0 fully saturated rings. The smallest absolute Gasteiger partial charge is 0.207 e. The van der Waals surface area contributed by atoms with E-state index in [0.29, 0.717) is 0 Å². The van der Waals surface area contributed by atoms with Gasteiger partial charge in [0.15, 0.2) is 0 Å². The van der Waals surface area contributed by atoms with Gasteiger partial charge in [0.05, 0.1) is 5.56 Å². The summed E-state index contributed by atoms with van der Waals surface area (Å²) < 4.78 is 25.5. The lowest BCUT2D eigenvalue weighted by Crippen LogP contribution is -2.15. The first-order valence-electron chi connectivity index (χ1n) is 3.33. The van der Waals surface area contributed by atoms with E-state index in [-0.39, 0.29) is 11.4 Å². The summed E-state index contributed by atoms with van der Waals surface area (Å²) in [6.45, 7) is 0. The minimum Gasteiger partial charge on any atom is -0.382 e. The molecule has 3 nitrogen and oxygen atoms in total. The number of nitrogens with two attached hydrogens (primary N) is 1. The highest BCUT2D eigenvalue weighted by molar-refractivity contribution is 5.98. The van der Waals surface area contributed by atoms with E-state index in [2.05, 4.69) is 4.99 Å². The zero-order valence-electron chi connectivity index (χ0n) is 6.46. The van der Waals surface area contributed by atoms with Gasteiger partial charge in [0.2, 0.25) is 6.19 Å². The fourth-order valence-corrected chi connectivity index (χ4v) is 0.808. The van der Waals surface area contributed by atoms with E-state index in [0.717, 1.165) is 18.2 Å². The van der Waals surface area contributed by atoms with Crippen LogP contribution in [0.15, 0.2) is 23.2 Å². The molecule has 5 heteroatoms. The molecular formula is C8H5F2N3. The molecule has 2 N–H and O–H groups in total. The van der Waals surface area contributed by atoms with Crippen LogP contribution in [0.1, 0.15) is 5.56 Å². The van der Waals surface area contributed by atoms with E-state index in [1.54, 1.807) is 0 Å². The van der Waals surface area contributed by atoms with Crippen LogP contribution < -0.4 is 5.73 Å². The molecular weight excluding hydrogens is 176 g/mol. The molecule has 0 unspecified atom stereocenters. The second-order valence-corrected chi connectivity index (χ2v) is 2.22. The first-order chi connectivity index (χ1) is 6.15. The molecule has 0 heterocycles. The lowest BCUT2D eigenvalue weighted by atomic mass is 10.2.